The van der Waals surface area contributed by atoms with Gasteiger partial charge in [-0.05, 0) is 12.1 Å². The van der Waals surface area contributed by atoms with Crippen LogP contribution in [-0.2, 0) is 0 Å². The second-order valence-corrected chi connectivity index (χ2v) is 4.16. The topological polar surface area (TPSA) is 96.0 Å². The highest BCUT2D eigenvalue weighted by Crippen LogP contribution is 2.34. The summed E-state index contributed by atoms with van der Waals surface area (Å²) in [4.78, 5) is 19.9. The molecule has 2 aromatic rings. The molecule has 0 aliphatic heterocycles. The van der Waals surface area contributed by atoms with Gasteiger partial charge < -0.3 is 4.90 Å². The van der Waals surface area contributed by atoms with Crippen LogP contribution in [0, 0.1) is 21.4 Å². The fraction of sp³-hybridized carbons (Fsp3) is 0.0833. The van der Waals surface area contributed by atoms with Crippen LogP contribution in [0.15, 0.2) is 30.6 Å². The monoisotopic (exact) mass is 289 g/mol. The molecule has 100 valence electrons. The van der Waals surface area contributed by atoms with E-state index in [1.165, 1.54) is 35.5 Å². The van der Waals surface area contributed by atoms with Crippen molar-refractivity contribution in [2.45, 2.75) is 0 Å². The highest BCUT2D eigenvalue weighted by atomic mass is 35.5. The van der Waals surface area contributed by atoms with Gasteiger partial charge in [-0.15, -0.1) is 0 Å². The van der Waals surface area contributed by atoms with E-state index in [0.29, 0.717) is 5.82 Å². The molecule has 8 heteroatoms. The van der Waals surface area contributed by atoms with Crippen molar-refractivity contribution in [3.63, 3.8) is 0 Å². The van der Waals surface area contributed by atoms with Crippen LogP contribution < -0.4 is 4.90 Å². The summed E-state index contributed by atoms with van der Waals surface area (Å²) in [5, 5.41) is 20.0. The highest BCUT2D eigenvalue weighted by molar-refractivity contribution is 6.31. The summed E-state index contributed by atoms with van der Waals surface area (Å²) in [6, 6.07) is 6.03. The Morgan fingerprint density at radius 3 is 2.70 bits per heavy atom. The van der Waals surface area contributed by atoms with Gasteiger partial charge in [0.05, 0.1) is 16.6 Å². The first-order chi connectivity index (χ1) is 9.54. The molecule has 1 heterocycles. The molecule has 0 saturated carbocycles. The molecule has 0 aliphatic rings. The molecule has 2 rings (SSSR count). The van der Waals surface area contributed by atoms with E-state index in [0.717, 1.165) is 0 Å². The molecule has 20 heavy (non-hydrogen) atoms. The average Bonchev–Trinajstić information content (AvgIpc) is 2.46. The Bertz CT molecular complexity index is 713. The van der Waals surface area contributed by atoms with E-state index >= 15 is 0 Å². The third kappa shape index (κ3) is 2.50. The summed E-state index contributed by atoms with van der Waals surface area (Å²) in [6.07, 6.45) is 2.86. The van der Waals surface area contributed by atoms with Crippen molar-refractivity contribution in [1.29, 1.82) is 5.26 Å². The molecule has 0 radical (unpaired) electrons. The van der Waals surface area contributed by atoms with Crippen molar-refractivity contribution in [2.75, 3.05) is 11.9 Å². The molecule has 0 unspecified atom stereocenters. The quantitative estimate of drug-likeness (QED) is 0.636. The van der Waals surface area contributed by atoms with E-state index in [9.17, 15) is 10.1 Å². The Balaban J connectivity index is 2.55. The molecular weight excluding hydrogens is 282 g/mol. The second kappa shape index (κ2) is 5.50. The number of nitrogens with zero attached hydrogens (tertiary/aromatic N) is 5. The van der Waals surface area contributed by atoms with Gasteiger partial charge in [0.1, 0.15) is 5.69 Å². The molecule has 7 nitrogen and oxygen atoms in total. The average molecular weight is 290 g/mol. The third-order valence-corrected chi connectivity index (χ3v) is 2.88. The summed E-state index contributed by atoms with van der Waals surface area (Å²) in [5.41, 5.74) is 0.281. The normalized spacial score (nSPS) is 9.85. The molecule has 1 aromatic heterocycles. The molecule has 0 aliphatic carbocycles. The number of halogens is 1. The molecular formula is C12H8ClN5O2. The number of rotatable bonds is 3. The van der Waals surface area contributed by atoms with E-state index in [1.54, 1.807) is 7.05 Å². The molecule has 0 bridgehead atoms. The van der Waals surface area contributed by atoms with Crippen molar-refractivity contribution in [2.24, 2.45) is 0 Å². The lowest BCUT2D eigenvalue weighted by Crippen LogP contribution is -2.14. The number of anilines is 2. The van der Waals surface area contributed by atoms with Crippen LogP contribution in [-0.4, -0.2) is 21.9 Å². The van der Waals surface area contributed by atoms with Crippen molar-refractivity contribution in [3.8, 4) is 6.07 Å². The lowest BCUT2D eigenvalue weighted by atomic mass is 10.2. The SMILES string of the molecule is CN(c1ccc(C#N)cc1[N+](=O)[O-])c1nccnc1Cl. The molecule has 1 aromatic carbocycles. The zero-order chi connectivity index (χ0) is 14.7. The van der Waals surface area contributed by atoms with Gasteiger partial charge in [0.25, 0.3) is 5.69 Å². The van der Waals surface area contributed by atoms with E-state index in [-0.39, 0.29) is 22.1 Å². The zero-order valence-corrected chi connectivity index (χ0v) is 11.1. The summed E-state index contributed by atoms with van der Waals surface area (Å²) in [6.45, 7) is 0. The molecule has 0 spiro atoms. The highest BCUT2D eigenvalue weighted by Gasteiger charge is 2.21. The Kier molecular flexibility index (Phi) is 3.77. The van der Waals surface area contributed by atoms with E-state index in [1.807, 2.05) is 6.07 Å². The van der Waals surface area contributed by atoms with E-state index in [2.05, 4.69) is 9.97 Å². The summed E-state index contributed by atoms with van der Waals surface area (Å²) in [7, 11) is 1.59. The maximum absolute atomic E-state index is 11.1. The first-order valence-corrected chi connectivity index (χ1v) is 5.81. The summed E-state index contributed by atoms with van der Waals surface area (Å²) < 4.78 is 0. The minimum Gasteiger partial charge on any atom is -0.321 e. The molecule has 0 saturated heterocycles. The molecule has 0 atom stereocenters. The van der Waals surface area contributed by atoms with Crippen LogP contribution in [0.25, 0.3) is 0 Å². The maximum Gasteiger partial charge on any atom is 0.294 e. The number of hydrogen-bond acceptors (Lipinski definition) is 6. The van der Waals surface area contributed by atoms with Crippen molar-refractivity contribution in [3.05, 3.63) is 51.4 Å². The van der Waals surface area contributed by atoms with Gasteiger partial charge in [-0.1, -0.05) is 11.6 Å². The Hall–Kier alpha value is -2.72. The second-order valence-electron chi connectivity index (χ2n) is 3.80. The van der Waals surface area contributed by atoms with E-state index in [4.69, 9.17) is 16.9 Å². The fourth-order valence-electron chi connectivity index (χ4n) is 1.68. The largest absolute Gasteiger partial charge is 0.321 e. The molecule has 0 amide bonds. The van der Waals surface area contributed by atoms with Crippen LogP contribution in [0.1, 0.15) is 5.56 Å². The summed E-state index contributed by atoms with van der Waals surface area (Å²) >= 11 is 5.92. The van der Waals surface area contributed by atoms with Crippen LogP contribution >= 0.6 is 11.6 Å². The first-order valence-electron chi connectivity index (χ1n) is 5.43. The number of nitro groups is 1. The Labute approximate surface area is 119 Å². The minimum absolute atomic E-state index is 0.133. The van der Waals surface area contributed by atoms with Gasteiger partial charge in [0, 0.05) is 25.5 Å². The first kappa shape index (κ1) is 13.7. The number of hydrogen-bond donors (Lipinski definition) is 0. The van der Waals surface area contributed by atoms with Crippen LogP contribution in [0.4, 0.5) is 17.2 Å². The predicted octanol–water partition coefficient (Wildman–Crippen LogP) is 2.68. The van der Waals surface area contributed by atoms with Crippen LogP contribution in [0.3, 0.4) is 0 Å². The van der Waals surface area contributed by atoms with Gasteiger partial charge in [-0.2, -0.15) is 5.26 Å². The Morgan fingerprint density at radius 2 is 2.10 bits per heavy atom. The predicted molar refractivity (Wildman–Crippen MR) is 72.9 cm³/mol. The van der Waals surface area contributed by atoms with Crippen molar-refractivity contribution < 1.29 is 4.92 Å². The zero-order valence-electron chi connectivity index (χ0n) is 10.3. The number of benzene rings is 1. The van der Waals surface area contributed by atoms with Crippen LogP contribution in [0.5, 0.6) is 0 Å². The van der Waals surface area contributed by atoms with Crippen molar-refractivity contribution in [1.82, 2.24) is 9.97 Å². The minimum atomic E-state index is -0.559. The van der Waals surface area contributed by atoms with Gasteiger partial charge in [0.2, 0.25) is 0 Å². The van der Waals surface area contributed by atoms with Crippen LogP contribution in [0.2, 0.25) is 5.15 Å². The lowest BCUT2D eigenvalue weighted by Gasteiger charge is -2.18. The van der Waals surface area contributed by atoms with Gasteiger partial charge in [-0.3, -0.25) is 10.1 Å². The molecule has 0 fully saturated rings. The van der Waals surface area contributed by atoms with Gasteiger partial charge >= 0.3 is 0 Å². The standard InChI is InChI=1S/C12H8ClN5O2/c1-17(12-11(13)15-4-5-16-12)9-3-2-8(7-14)6-10(9)18(19)20/h2-6H,1H3. The maximum atomic E-state index is 11.1. The Morgan fingerprint density at radius 1 is 1.40 bits per heavy atom. The lowest BCUT2D eigenvalue weighted by molar-refractivity contribution is -0.384. The van der Waals surface area contributed by atoms with Crippen molar-refractivity contribution >= 4 is 28.8 Å². The number of aromatic nitrogens is 2. The number of nitriles is 1. The van der Waals surface area contributed by atoms with Gasteiger partial charge in [-0.25, -0.2) is 9.97 Å². The molecule has 0 N–H and O–H groups in total. The summed E-state index contributed by atoms with van der Waals surface area (Å²) in [5.74, 6) is 0.293. The third-order valence-electron chi connectivity index (χ3n) is 2.62. The number of nitro benzene ring substituents is 1. The van der Waals surface area contributed by atoms with E-state index < -0.39 is 4.92 Å². The fourth-order valence-corrected chi connectivity index (χ4v) is 1.91. The smallest absolute Gasteiger partial charge is 0.294 e. The van der Waals surface area contributed by atoms with Gasteiger partial charge in [0.15, 0.2) is 11.0 Å².